The minimum Gasteiger partial charge on any atom is -0.270 e. The highest BCUT2D eigenvalue weighted by Gasteiger charge is 2.31. The number of benzene rings is 2. The SMILES string of the molecule is C=CCSc1nnc(-c2ccccc2Cl)n1-c1cccc(C(F)(F)F)c1. The van der Waals surface area contributed by atoms with Gasteiger partial charge in [-0.15, -0.1) is 16.8 Å². The van der Waals surface area contributed by atoms with Crippen molar-refractivity contribution in [2.24, 2.45) is 0 Å². The van der Waals surface area contributed by atoms with Gasteiger partial charge >= 0.3 is 6.18 Å². The number of alkyl halides is 3. The van der Waals surface area contributed by atoms with Gasteiger partial charge in [0.25, 0.3) is 0 Å². The van der Waals surface area contributed by atoms with Crippen molar-refractivity contribution in [2.75, 3.05) is 5.75 Å². The lowest BCUT2D eigenvalue weighted by Crippen LogP contribution is -2.07. The number of rotatable bonds is 5. The summed E-state index contributed by atoms with van der Waals surface area (Å²) in [5, 5.41) is 9.18. The van der Waals surface area contributed by atoms with Gasteiger partial charge in [0.1, 0.15) is 0 Å². The average molecular weight is 396 g/mol. The van der Waals surface area contributed by atoms with Crippen LogP contribution in [0, 0.1) is 0 Å². The number of hydrogen-bond acceptors (Lipinski definition) is 3. The van der Waals surface area contributed by atoms with Gasteiger partial charge < -0.3 is 0 Å². The zero-order valence-electron chi connectivity index (χ0n) is 13.4. The number of halogens is 4. The Balaban J connectivity index is 2.20. The van der Waals surface area contributed by atoms with Crippen LogP contribution in [-0.2, 0) is 6.18 Å². The van der Waals surface area contributed by atoms with E-state index in [0.29, 0.717) is 33.0 Å². The van der Waals surface area contributed by atoms with Crippen molar-refractivity contribution < 1.29 is 13.2 Å². The van der Waals surface area contributed by atoms with Crippen LogP contribution in [0.2, 0.25) is 5.02 Å². The maximum atomic E-state index is 13.1. The molecule has 0 radical (unpaired) electrons. The van der Waals surface area contributed by atoms with E-state index < -0.39 is 11.7 Å². The van der Waals surface area contributed by atoms with Crippen LogP contribution < -0.4 is 0 Å². The Morgan fingerprint density at radius 1 is 1.12 bits per heavy atom. The Morgan fingerprint density at radius 2 is 1.88 bits per heavy atom. The van der Waals surface area contributed by atoms with Gasteiger partial charge in [0.2, 0.25) is 0 Å². The van der Waals surface area contributed by atoms with Gasteiger partial charge in [-0.3, -0.25) is 4.57 Å². The predicted molar refractivity (Wildman–Crippen MR) is 97.7 cm³/mol. The van der Waals surface area contributed by atoms with Crippen molar-refractivity contribution >= 4 is 23.4 Å². The quantitative estimate of drug-likeness (QED) is 0.399. The second-order valence-electron chi connectivity index (χ2n) is 5.27. The van der Waals surface area contributed by atoms with E-state index in [-0.39, 0.29) is 0 Å². The van der Waals surface area contributed by atoms with E-state index in [0.717, 1.165) is 12.1 Å². The highest BCUT2D eigenvalue weighted by molar-refractivity contribution is 7.99. The van der Waals surface area contributed by atoms with E-state index >= 15 is 0 Å². The Morgan fingerprint density at radius 3 is 2.58 bits per heavy atom. The molecule has 0 N–H and O–H groups in total. The summed E-state index contributed by atoms with van der Waals surface area (Å²) in [5.41, 5.74) is 0.157. The molecule has 3 rings (SSSR count). The highest BCUT2D eigenvalue weighted by atomic mass is 35.5. The minimum absolute atomic E-state index is 0.311. The van der Waals surface area contributed by atoms with Gasteiger partial charge in [-0.25, -0.2) is 0 Å². The third-order valence-electron chi connectivity index (χ3n) is 3.51. The number of thioether (sulfide) groups is 1. The smallest absolute Gasteiger partial charge is 0.270 e. The maximum absolute atomic E-state index is 13.1. The van der Waals surface area contributed by atoms with Gasteiger partial charge in [0, 0.05) is 11.3 Å². The molecule has 0 saturated carbocycles. The molecule has 0 aliphatic heterocycles. The Kier molecular flexibility index (Phi) is 5.38. The van der Waals surface area contributed by atoms with Crippen LogP contribution in [0.3, 0.4) is 0 Å². The Labute approximate surface area is 157 Å². The summed E-state index contributed by atoms with van der Waals surface area (Å²) in [6.45, 7) is 3.66. The third kappa shape index (κ3) is 3.78. The summed E-state index contributed by atoms with van der Waals surface area (Å²) < 4.78 is 40.9. The van der Waals surface area contributed by atoms with Crippen LogP contribution >= 0.6 is 23.4 Å². The first-order chi connectivity index (χ1) is 12.4. The van der Waals surface area contributed by atoms with Gasteiger partial charge in [-0.1, -0.05) is 47.6 Å². The third-order valence-corrected chi connectivity index (χ3v) is 4.76. The summed E-state index contributed by atoms with van der Waals surface area (Å²) in [6, 6.07) is 12.0. The van der Waals surface area contributed by atoms with E-state index in [1.807, 2.05) is 0 Å². The molecular weight excluding hydrogens is 383 g/mol. The molecular formula is C18H13ClF3N3S. The second kappa shape index (κ2) is 7.55. The first kappa shape index (κ1) is 18.5. The van der Waals surface area contributed by atoms with Crippen LogP contribution in [0.5, 0.6) is 0 Å². The molecule has 8 heteroatoms. The monoisotopic (exact) mass is 395 g/mol. The van der Waals surface area contributed by atoms with Crippen LogP contribution in [0.4, 0.5) is 13.2 Å². The molecule has 26 heavy (non-hydrogen) atoms. The van der Waals surface area contributed by atoms with Crippen LogP contribution in [0.1, 0.15) is 5.56 Å². The molecule has 3 aromatic rings. The molecule has 0 bridgehead atoms. The van der Waals surface area contributed by atoms with Crippen molar-refractivity contribution in [3.05, 3.63) is 71.8 Å². The summed E-state index contributed by atoms with van der Waals surface area (Å²) in [6.07, 6.45) is -2.76. The lowest BCUT2D eigenvalue weighted by atomic mass is 10.1. The van der Waals surface area contributed by atoms with Crippen molar-refractivity contribution in [1.82, 2.24) is 14.8 Å². The summed E-state index contributed by atoms with van der Waals surface area (Å²) in [7, 11) is 0. The van der Waals surface area contributed by atoms with Gasteiger partial charge in [0.15, 0.2) is 11.0 Å². The Bertz CT molecular complexity index is 937. The molecule has 0 aliphatic rings. The molecule has 0 amide bonds. The van der Waals surface area contributed by atoms with E-state index in [9.17, 15) is 13.2 Å². The van der Waals surface area contributed by atoms with E-state index in [1.54, 1.807) is 41.0 Å². The molecule has 0 aliphatic carbocycles. The lowest BCUT2D eigenvalue weighted by molar-refractivity contribution is -0.137. The fourth-order valence-corrected chi connectivity index (χ4v) is 3.27. The summed E-state index contributed by atoms with van der Waals surface area (Å²) in [4.78, 5) is 0. The standard InChI is InChI=1S/C18H13ClF3N3S/c1-2-10-26-17-24-23-16(14-8-3-4-9-15(14)19)25(17)13-7-5-6-12(11-13)18(20,21)22/h2-9,11H,1,10H2. The van der Waals surface area contributed by atoms with Crippen molar-refractivity contribution in [3.63, 3.8) is 0 Å². The average Bonchev–Trinajstić information content (AvgIpc) is 3.03. The molecule has 0 atom stereocenters. The normalized spacial score (nSPS) is 11.5. The van der Waals surface area contributed by atoms with Gasteiger partial charge in [-0.05, 0) is 30.3 Å². The molecule has 3 nitrogen and oxygen atoms in total. The van der Waals surface area contributed by atoms with Crippen molar-refractivity contribution in [3.8, 4) is 17.1 Å². The molecule has 1 heterocycles. The molecule has 0 unspecified atom stereocenters. The lowest BCUT2D eigenvalue weighted by Gasteiger charge is -2.13. The van der Waals surface area contributed by atoms with E-state index in [1.165, 1.54) is 17.8 Å². The van der Waals surface area contributed by atoms with Crippen LogP contribution in [0.15, 0.2) is 66.3 Å². The van der Waals surface area contributed by atoms with Gasteiger partial charge in [-0.2, -0.15) is 13.2 Å². The topological polar surface area (TPSA) is 30.7 Å². The summed E-state index contributed by atoms with van der Waals surface area (Å²) >= 11 is 7.58. The number of aromatic nitrogens is 3. The first-order valence-electron chi connectivity index (χ1n) is 7.53. The fraction of sp³-hybridized carbons (Fsp3) is 0.111. The maximum Gasteiger partial charge on any atom is 0.416 e. The predicted octanol–water partition coefficient (Wildman–Crippen LogP) is 5.88. The molecule has 0 fully saturated rings. The minimum atomic E-state index is -4.44. The van der Waals surface area contributed by atoms with Crippen LogP contribution in [-0.4, -0.2) is 20.5 Å². The van der Waals surface area contributed by atoms with E-state index in [4.69, 9.17) is 11.6 Å². The molecule has 2 aromatic carbocycles. The number of hydrogen-bond donors (Lipinski definition) is 0. The fourth-order valence-electron chi connectivity index (χ4n) is 2.37. The highest BCUT2D eigenvalue weighted by Crippen LogP contribution is 2.34. The summed E-state index contributed by atoms with van der Waals surface area (Å²) in [5.74, 6) is 0.918. The largest absolute Gasteiger partial charge is 0.416 e. The second-order valence-corrected chi connectivity index (χ2v) is 6.66. The van der Waals surface area contributed by atoms with Crippen molar-refractivity contribution in [2.45, 2.75) is 11.3 Å². The van der Waals surface area contributed by atoms with Crippen LogP contribution in [0.25, 0.3) is 17.1 Å². The van der Waals surface area contributed by atoms with E-state index in [2.05, 4.69) is 16.8 Å². The first-order valence-corrected chi connectivity index (χ1v) is 8.90. The zero-order chi connectivity index (χ0) is 18.7. The van der Waals surface area contributed by atoms with Gasteiger partial charge in [0.05, 0.1) is 16.3 Å². The molecule has 1 aromatic heterocycles. The molecule has 134 valence electrons. The molecule has 0 saturated heterocycles. The zero-order valence-corrected chi connectivity index (χ0v) is 14.9. The number of nitrogens with zero attached hydrogens (tertiary/aromatic N) is 3. The van der Waals surface area contributed by atoms with Crippen molar-refractivity contribution in [1.29, 1.82) is 0 Å². The Hall–Kier alpha value is -2.25. The molecule has 0 spiro atoms.